The van der Waals surface area contributed by atoms with Crippen molar-refractivity contribution in [3.63, 3.8) is 0 Å². The molecular formula is C16H16Cl2N2O. The van der Waals surface area contributed by atoms with Gasteiger partial charge in [-0.25, -0.2) is 0 Å². The van der Waals surface area contributed by atoms with Crippen molar-refractivity contribution in [2.75, 3.05) is 13.7 Å². The summed E-state index contributed by atoms with van der Waals surface area (Å²) in [6.07, 6.45) is 5.11. The molecule has 1 aromatic carbocycles. The van der Waals surface area contributed by atoms with E-state index < -0.39 is 0 Å². The van der Waals surface area contributed by atoms with Gasteiger partial charge in [0.15, 0.2) is 0 Å². The van der Waals surface area contributed by atoms with Gasteiger partial charge in [-0.1, -0.05) is 23.2 Å². The highest BCUT2D eigenvalue weighted by Gasteiger charge is 2.21. The summed E-state index contributed by atoms with van der Waals surface area (Å²) in [5.41, 5.74) is 3.33. The minimum absolute atomic E-state index is 0.0901. The van der Waals surface area contributed by atoms with E-state index >= 15 is 0 Å². The first-order valence-electron chi connectivity index (χ1n) is 6.90. The van der Waals surface area contributed by atoms with E-state index in [0.29, 0.717) is 5.02 Å². The van der Waals surface area contributed by atoms with E-state index in [9.17, 15) is 0 Å². The molecule has 1 aliphatic rings. The Kier molecular flexibility index (Phi) is 4.34. The van der Waals surface area contributed by atoms with Crippen molar-refractivity contribution in [1.82, 2.24) is 10.3 Å². The molecule has 0 bridgehead atoms. The predicted molar refractivity (Wildman–Crippen MR) is 85.4 cm³/mol. The van der Waals surface area contributed by atoms with E-state index in [4.69, 9.17) is 27.9 Å². The van der Waals surface area contributed by atoms with Crippen molar-refractivity contribution in [2.24, 2.45) is 0 Å². The second kappa shape index (κ2) is 6.22. The van der Waals surface area contributed by atoms with Gasteiger partial charge in [-0.2, -0.15) is 0 Å². The van der Waals surface area contributed by atoms with Gasteiger partial charge in [-0.3, -0.25) is 4.98 Å². The number of nitrogens with one attached hydrogen (secondary N) is 1. The van der Waals surface area contributed by atoms with Crippen LogP contribution in [0, 0.1) is 0 Å². The Bertz CT molecular complexity index is 661. The first kappa shape index (κ1) is 14.6. The van der Waals surface area contributed by atoms with Crippen LogP contribution >= 0.6 is 23.2 Å². The van der Waals surface area contributed by atoms with E-state index in [1.165, 1.54) is 5.56 Å². The van der Waals surface area contributed by atoms with E-state index in [0.717, 1.165) is 41.3 Å². The molecule has 21 heavy (non-hydrogen) atoms. The Morgan fingerprint density at radius 2 is 2.24 bits per heavy atom. The first-order chi connectivity index (χ1) is 10.2. The van der Waals surface area contributed by atoms with Crippen LogP contribution in [0.25, 0.3) is 0 Å². The topological polar surface area (TPSA) is 34.1 Å². The number of rotatable bonds is 4. The summed E-state index contributed by atoms with van der Waals surface area (Å²) in [5.74, 6) is 0.977. The summed E-state index contributed by atoms with van der Waals surface area (Å²) >= 11 is 12.5. The molecule has 0 fully saturated rings. The third-order valence-electron chi connectivity index (χ3n) is 3.78. The van der Waals surface area contributed by atoms with Crippen molar-refractivity contribution in [3.8, 4) is 5.75 Å². The Morgan fingerprint density at radius 3 is 3.00 bits per heavy atom. The summed E-state index contributed by atoms with van der Waals surface area (Å²) in [5, 5.41) is 4.73. The molecule has 0 aliphatic carbocycles. The van der Waals surface area contributed by atoms with Gasteiger partial charge in [0.25, 0.3) is 0 Å². The molecule has 3 rings (SSSR count). The number of ether oxygens (including phenoxy) is 1. The smallest absolute Gasteiger partial charge is 0.125 e. The summed E-state index contributed by atoms with van der Waals surface area (Å²) in [6, 6.07) is 5.99. The maximum Gasteiger partial charge on any atom is 0.125 e. The van der Waals surface area contributed by atoms with E-state index in [2.05, 4.69) is 10.3 Å². The van der Waals surface area contributed by atoms with Crippen molar-refractivity contribution in [2.45, 2.75) is 18.9 Å². The normalized spacial score (nSPS) is 14.6. The average molecular weight is 323 g/mol. The number of likely N-dealkylation sites (N-methyl/N-ethyl adjacent to an activating group) is 1. The molecule has 0 saturated heterocycles. The molecule has 110 valence electrons. The summed E-state index contributed by atoms with van der Waals surface area (Å²) in [4.78, 5) is 4.04. The number of aromatic nitrogens is 1. The first-order valence-corrected chi connectivity index (χ1v) is 7.65. The molecule has 5 heteroatoms. The Labute approximate surface area is 134 Å². The van der Waals surface area contributed by atoms with Gasteiger partial charge < -0.3 is 10.1 Å². The lowest BCUT2D eigenvalue weighted by atomic mass is 9.97. The lowest BCUT2D eigenvalue weighted by Crippen LogP contribution is -2.19. The summed E-state index contributed by atoms with van der Waals surface area (Å²) in [6.45, 7) is 0.725. The average Bonchev–Trinajstić information content (AvgIpc) is 2.93. The van der Waals surface area contributed by atoms with Gasteiger partial charge in [-0.15, -0.1) is 0 Å². The second-order valence-electron chi connectivity index (χ2n) is 5.09. The van der Waals surface area contributed by atoms with Crippen LogP contribution in [0.15, 0.2) is 30.6 Å². The number of fused-ring (bicyclic) bond motifs is 1. The Hall–Kier alpha value is -1.29. The highest BCUT2D eigenvalue weighted by molar-refractivity contribution is 6.31. The molecular weight excluding hydrogens is 307 g/mol. The van der Waals surface area contributed by atoms with Crippen molar-refractivity contribution < 1.29 is 4.74 Å². The van der Waals surface area contributed by atoms with Gasteiger partial charge >= 0.3 is 0 Å². The lowest BCUT2D eigenvalue weighted by Gasteiger charge is -2.19. The molecule has 1 N–H and O–H groups in total. The molecule has 0 spiro atoms. The molecule has 1 unspecified atom stereocenters. The van der Waals surface area contributed by atoms with Gasteiger partial charge in [0.2, 0.25) is 0 Å². The highest BCUT2D eigenvalue weighted by atomic mass is 35.5. The molecule has 0 amide bonds. The van der Waals surface area contributed by atoms with Gasteiger partial charge in [0.05, 0.1) is 11.6 Å². The maximum absolute atomic E-state index is 6.25. The number of benzene rings is 1. The van der Waals surface area contributed by atoms with E-state index in [1.54, 1.807) is 12.4 Å². The molecule has 3 nitrogen and oxygen atoms in total. The van der Waals surface area contributed by atoms with Crippen LogP contribution in [0.2, 0.25) is 10.0 Å². The van der Waals surface area contributed by atoms with Crippen molar-refractivity contribution in [3.05, 3.63) is 57.3 Å². The van der Waals surface area contributed by atoms with Crippen LogP contribution in [0.5, 0.6) is 5.75 Å². The molecule has 2 aromatic rings. The second-order valence-corrected chi connectivity index (χ2v) is 5.94. The van der Waals surface area contributed by atoms with Crippen LogP contribution < -0.4 is 10.1 Å². The van der Waals surface area contributed by atoms with Crippen LogP contribution in [0.4, 0.5) is 0 Å². The fraction of sp³-hybridized carbons (Fsp3) is 0.312. The SMILES string of the molecule is CNC(Cc1cc(Cl)cc2c1OCC2)c1ccncc1Cl. The summed E-state index contributed by atoms with van der Waals surface area (Å²) < 4.78 is 5.76. The van der Waals surface area contributed by atoms with Crippen LogP contribution in [-0.2, 0) is 12.8 Å². The zero-order chi connectivity index (χ0) is 14.8. The minimum Gasteiger partial charge on any atom is -0.493 e. The maximum atomic E-state index is 6.25. The third-order valence-corrected chi connectivity index (χ3v) is 4.31. The molecule has 1 aromatic heterocycles. The molecule has 1 atom stereocenters. The minimum atomic E-state index is 0.0901. The highest BCUT2D eigenvalue weighted by Crippen LogP contribution is 2.36. The Morgan fingerprint density at radius 1 is 1.38 bits per heavy atom. The number of pyridine rings is 1. The molecule has 0 saturated carbocycles. The molecule has 2 heterocycles. The molecule has 1 aliphatic heterocycles. The van der Waals surface area contributed by atoms with Gasteiger partial charge in [0, 0.05) is 29.9 Å². The largest absolute Gasteiger partial charge is 0.493 e. The zero-order valence-electron chi connectivity index (χ0n) is 11.7. The number of hydrogen-bond donors (Lipinski definition) is 1. The number of nitrogens with zero attached hydrogens (tertiary/aromatic N) is 1. The fourth-order valence-corrected chi connectivity index (χ4v) is 3.27. The van der Waals surface area contributed by atoms with Crippen LogP contribution in [-0.4, -0.2) is 18.6 Å². The number of halogens is 2. The van der Waals surface area contributed by atoms with Crippen molar-refractivity contribution >= 4 is 23.2 Å². The fourth-order valence-electron chi connectivity index (χ4n) is 2.75. The quantitative estimate of drug-likeness (QED) is 0.929. The van der Waals surface area contributed by atoms with Crippen LogP contribution in [0.1, 0.15) is 22.7 Å². The predicted octanol–water partition coefficient (Wildman–Crippen LogP) is 3.83. The standard InChI is InChI=1S/C16H16Cl2N2O/c1-19-15(13-2-4-20-9-14(13)18)8-11-7-12(17)6-10-3-5-21-16(10)11/h2,4,6-7,9,15,19H,3,5,8H2,1H3. The van der Waals surface area contributed by atoms with Gasteiger partial charge in [0.1, 0.15) is 5.75 Å². The van der Waals surface area contributed by atoms with E-state index in [-0.39, 0.29) is 6.04 Å². The van der Waals surface area contributed by atoms with Crippen molar-refractivity contribution in [1.29, 1.82) is 0 Å². The number of hydrogen-bond acceptors (Lipinski definition) is 3. The van der Waals surface area contributed by atoms with Crippen LogP contribution in [0.3, 0.4) is 0 Å². The third kappa shape index (κ3) is 3.00. The monoisotopic (exact) mass is 322 g/mol. The van der Waals surface area contributed by atoms with Gasteiger partial charge in [-0.05, 0) is 48.4 Å². The van der Waals surface area contributed by atoms with E-state index in [1.807, 2.05) is 25.2 Å². The lowest BCUT2D eigenvalue weighted by molar-refractivity contribution is 0.352. The zero-order valence-corrected chi connectivity index (χ0v) is 13.2. The Balaban J connectivity index is 1.94. The summed E-state index contributed by atoms with van der Waals surface area (Å²) in [7, 11) is 1.92. The molecule has 0 radical (unpaired) electrons.